The third-order valence-electron chi connectivity index (χ3n) is 3.95. The Kier molecular flexibility index (Phi) is 5.34. The van der Waals surface area contributed by atoms with Crippen LogP contribution in [0.15, 0.2) is 29.2 Å². The first-order valence-electron chi connectivity index (χ1n) is 7.37. The predicted octanol–water partition coefficient (Wildman–Crippen LogP) is 5.37. The lowest BCUT2D eigenvalue weighted by Crippen LogP contribution is -2.13. The van der Waals surface area contributed by atoms with Gasteiger partial charge in [0, 0.05) is 10.1 Å². The average molecular weight is 273 g/mol. The molecule has 0 saturated heterocycles. The predicted molar refractivity (Wildman–Crippen MR) is 82.4 cm³/mol. The van der Waals surface area contributed by atoms with E-state index in [1.54, 1.807) is 0 Å². The van der Waals surface area contributed by atoms with Gasteiger partial charge in [0.2, 0.25) is 0 Å². The van der Waals surface area contributed by atoms with Crippen molar-refractivity contribution in [2.24, 2.45) is 5.92 Å². The molecule has 1 aliphatic rings. The van der Waals surface area contributed by atoms with E-state index in [9.17, 15) is 5.26 Å². The quantitative estimate of drug-likeness (QED) is 0.691. The average Bonchev–Trinajstić information content (AvgIpc) is 2.64. The second-order valence-corrected chi connectivity index (χ2v) is 7.07. The van der Waals surface area contributed by atoms with Crippen molar-refractivity contribution in [2.45, 2.75) is 62.0 Å². The summed E-state index contributed by atoms with van der Waals surface area (Å²) in [5.74, 6) is 0.820. The zero-order valence-corrected chi connectivity index (χ0v) is 12.7. The van der Waals surface area contributed by atoms with E-state index in [4.69, 9.17) is 0 Å². The van der Waals surface area contributed by atoms with Gasteiger partial charge in [-0.3, -0.25) is 0 Å². The third kappa shape index (κ3) is 4.01. The molecule has 0 N–H and O–H groups in total. The molecular formula is C17H23NS. The van der Waals surface area contributed by atoms with Gasteiger partial charge < -0.3 is 0 Å². The highest BCUT2D eigenvalue weighted by atomic mass is 32.2. The van der Waals surface area contributed by atoms with Gasteiger partial charge in [0.1, 0.15) is 0 Å². The van der Waals surface area contributed by atoms with E-state index in [1.165, 1.54) is 36.1 Å². The Labute approximate surface area is 121 Å². The molecule has 2 heteroatoms. The van der Waals surface area contributed by atoms with Crippen molar-refractivity contribution in [1.82, 2.24) is 0 Å². The van der Waals surface area contributed by atoms with Crippen molar-refractivity contribution in [1.29, 1.82) is 5.26 Å². The third-order valence-corrected chi connectivity index (χ3v) is 5.36. The molecule has 0 spiro atoms. The maximum Gasteiger partial charge on any atom is 0.0667 e. The molecule has 0 bridgehead atoms. The van der Waals surface area contributed by atoms with Gasteiger partial charge in [-0.15, -0.1) is 11.8 Å². The first-order valence-corrected chi connectivity index (χ1v) is 8.25. The topological polar surface area (TPSA) is 23.8 Å². The smallest absolute Gasteiger partial charge is 0.0667 e. The van der Waals surface area contributed by atoms with Crippen LogP contribution in [0.1, 0.15) is 57.4 Å². The van der Waals surface area contributed by atoms with E-state index in [-0.39, 0.29) is 5.92 Å². The maximum absolute atomic E-state index is 9.32. The molecule has 102 valence electrons. The minimum absolute atomic E-state index is 0.234. The number of nitriles is 1. The first kappa shape index (κ1) is 14.5. The molecule has 0 amide bonds. The summed E-state index contributed by atoms with van der Waals surface area (Å²) in [6, 6.07) is 11.4. The minimum Gasteiger partial charge on any atom is -0.198 e. The summed E-state index contributed by atoms with van der Waals surface area (Å²) in [6.45, 7) is 4.44. The molecule has 1 aromatic carbocycles. The Morgan fingerprint density at radius 3 is 2.42 bits per heavy atom. The summed E-state index contributed by atoms with van der Waals surface area (Å²) in [5, 5.41) is 9.80. The molecule has 1 nitrogen and oxygen atoms in total. The second-order valence-electron chi connectivity index (χ2n) is 5.75. The summed E-state index contributed by atoms with van der Waals surface area (Å²) < 4.78 is 0. The van der Waals surface area contributed by atoms with Crippen LogP contribution in [0.2, 0.25) is 0 Å². The maximum atomic E-state index is 9.32. The standard InChI is InChI=1S/C17H23NS/c1-13(2)14-8-10-16(11-9-14)19-17-7-5-3-4-6-15(17)12-18/h8-11,13,15,17H,3-7H2,1-2H3. The summed E-state index contributed by atoms with van der Waals surface area (Å²) in [6.07, 6.45) is 6.07. The lowest BCUT2D eigenvalue weighted by Gasteiger charge is -2.19. The molecule has 2 atom stereocenters. The van der Waals surface area contributed by atoms with E-state index in [2.05, 4.69) is 44.2 Å². The van der Waals surface area contributed by atoms with Gasteiger partial charge in [-0.05, 0) is 36.5 Å². The number of thioether (sulfide) groups is 1. The molecule has 2 unspecified atom stereocenters. The highest BCUT2D eigenvalue weighted by molar-refractivity contribution is 8.00. The molecule has 1 aliphatic carbocycles. The van der Waals surface area contributed by atoms with Crippen LogP contribution in [0, 0.1) is 17.2 Å². The molecule has 0 aromatic heterocycles. The van der Waals surface area contributed by atoms with Gasteiger partial charge in [0.25, 0.3) is 0 Å². The van der Waals surface area contributed by atoms with Gasteiger partial charge in [-0.2, -0.15) is 5.26 Å². The zero-order valence-electron chi connectivity index (χ0n) is 11.9. The normalized spacial score (nSPS) is 23.9. The van der Waals surface area contributed by atoms with E-state index >= 15 is 0 Å². The fraction of sp³-hybridized carbons (Fsp3) is 0.588. The first-order chi connectivity index (χ1) is 9.20. The number of rotatable bonds is 3. The van der Waals surface area contributed by atoms with Crippen LogP contribution in [0.25, 0.3) is 0 Å². The van der Waals surface area contributed by atoms with Crippen molar-refractivity contribution in [3.05, 3.63) is 29.8 Å². The Morgan fingerprint density at radius 1 is 1.11 bits per heavy atom. The lowest BCUT2D eigenvalue weighted by atomic mass is 10.0. The second kappa shape index (κ2) is 7.01. The van der Waals surface area contributed by atoms with E-state index in [0.717, 1.165) is 6.42 Å². The fourth-order valence-electron chi connectivity index (χ4n) is 2.67. The molecular weight excluding hydrogens is 250 g/mol. The van der Waals surface area contributed by atoms with Gasteiger partial charge >= 0.3 is 0 Å². The highest BCUT2D eigenvalue weighted by Gasteiger charge is 2.24. The van der Waals surface area contributed by atoms with Crippen molar-refractivity contribution < 1.29 is 0 Å². The van der Waals surface area contributed by atoms with Crippen LogP contribution in [0.5, 0.6) is 0 Å². The number of benzene rings is 1. The monoisotopic (exact) mass is 273 g/mol. The van der Waals surface area contributed by atoms with Crippen LogP contribution in [0.4, 0.5) is 0 Å². The zero-order chi connectivity index (χ0) is 13.7. The van der Waals surface area contributed by atoms with Crippen LogP contribution >= 0.6 is 11.8 Å². The van der Waals surface area contributed by atoms with Crippen LogP contribution in [-0.4, -0.2) is 5.25 Å². The van der Waals surface area contributed by atoms with Crippen LogP contribution < -0.4 is 0 Å². The molecule has 0 aliphatic heterocycles. The summed E-state index contributed by atoms with van der Waals surface area (Å²) >= 11 is 1.91. The SMILES string of the molecule is CC(C)c1ccc(SC2CCCCCC2C#N)cc1. The molecule has 2 rings (SSSR count). The molecule has 1 aromatic rings. The highest BCUT2D eigenvalue weighted by Crippen LogP contribution is 2.36. The fourth-order valence-corrected chi connectivity index (χ4v) is 3.96. The van der Waals surface area contributed by atoms with E-state index in [1.807, 2.05) is 11.8 Å². The van der Waals surface area contributed by atoms with Crippen molar-refractivity contribution in [2.75, 3.05) is 0 Å². The summed E-state index contributed by atoms with van der Waals surface area (Å²) in [5.41, 5.74) is 1.39. The Balaban J connectivity index is 2.04. The Hall–Kier alpha value is -0.940. The molecule has 1 saturated carbocycles. The Bertz CT molecular complexity index is 430. The van der Waals surface area contributed by atoms with Gasteiger partial charge in [-0.1, -0.05) is 45.2 Å². The molecule has 0 heterocycles. The number of nitrogens with zero attached hydrogens (tertiary/aromatic N) is 1. The van der Waals surface area contributed by atoms with Crippen molar-refractivity contribution in [3.63, 3.8) is 0 Å². The van der Waals surface area contributed by atoms with Gasteiger partial charge in [0.15, 0.2) is 0 Å². The van der Waals surface area contributed by atoms with E-state index < -0.39 is 0 Å². The van der Waals surface area contributed by atoms with Crippen molar-refractivity contribution in [3.8, 4) is 6.07 Å². The number of hydrogen-bond acceptors (Lipinski definition) is 2. The van der Waals surface area contributed by atoms with Gasteiger partial charge in [0.05, 0.1) is 12.0 Å². The largest absolute Gasteiger partial charge is 0.198 e. The molecule has 1 fully saturated rings. The summed E-state index contributed by atoms with van der Waals surface area (Å²) in [7, 11) is 0. The van der Waals surface area contributed by atoms with Crippen molar-refractivity contribution >= 4 is 11.8 Å². The number of hydrogen-bond donors (Lipinski definition) is 0. The summed E-state index contributed by atoms with van der Waals surface area (Å²) in [4.78, 5) is 1.32. The lowest BCUT2D eigenvalue weighted by molar-refractivity contribution is 0.585. The van der Waals surface area contributed by atoms with Crippen LogP contribution in [0.3, 0.4) is 0 Å². The van der Waals surface area contributed by atoms with Crippen LogP contribution in [-0.2, 0) is 0 Å². The molecule has 19 heavy (non-hydrogen) atoms. The molecule has 0 radical (unpaired) electrons. The Morgan fingerprint density at radius 2 is 1.79 bits per heavy atom. The van der Waals surface area contributed by atoms with Gasteiger partial charge in [-0.25, -0.2) is 0 Å². The minimum atomic E-state index is 0.234. The van der Waals surface area contributed by atoms with E-state index in [0.29, 0.717) is 11.2 Å².